The first-order valence-electron chi connectivity index (χ1n) is 12.5. The summed E-state index contributed by atoms with van der Waals surface area (Å²) in [4.78, 5) is 17.9. The fourth-order valence-electron chi connectivity index (χ4n) is 5.34. The number of carbonyl (C=O) groups excluding carboxylic acids is 1. The van der Waals surface area contributed by atoms with Gasteiger partial charge in [-0.2, -0.15) is 5.10 Å². The van der Waals surface area contributed by atoms with E-state index in [1.54, 1.807) is 21.3 Å². The number of carbonyl (C=O) groups is 1. The molecule has 1 unspecified atom stereocenters. The van der Waals surface area contributed by atoms with E-state index in [2.05, 4.69) is 37.3 Å². The van der Waals surface area contributed by atoms with Crippen LogP contribution in [-0.4, -0.2) is 42.9 Å². The molecule has 3 aromatic carbocycles. The lowest BCUT2D eigenvalue weighted by atomic mass is 9.89. The van der Waals surface area contributed by atoms with Gasteiger partial charge in [-0.25, -0.2) is 5.01 Å². The molecule has 0 fully saturated rings. The van der Waals surface area contributed by atoms with E-state index in [-0.39, 0.29) is 11.9 Å². The third-order valence-corrected chi connectivity index (χ3v) is 7.00. The number of hydrogen-bond donors (Lipinski definition) is 0. The molecule has 4 aromatic rings. The second kappa shape index (κ2) is 10.2. The third-order valence-electron chi connectivity index (χ3n) is 7.00. The molecule has 1 aliphatic heterocycles. The second-order valence-corrected chi connectivity index (χ2v) is 9.39. The topological polar surface area (TPSA) is 73.3 Å². The SMILES string of the molecule is COc1ccc(C2CC(c3c(C)nc4cc(C)ccc4c3-c3ccccc3)=NN2C(C)=O)c(OC)c1OC. The van der Waals surface area contributed by atoms with Crippen LogP contribution in [0.3, 0.4) is 0 Å². The molecule has 194 valence electrons. The molecule has 7 heteroatoms. The molecule has 1 aliphatic rings. The Balaban J connectivity index is 1.71. The van der Waals surface area contributed by atoms with E-state index in [0.29, 0.717) is 23.7 Å². The molecule has 0 saturated heterocycles. The minimum absolute atomic E-state index is 0.162. The van der Waals surface area contributed by atoms with Crippen molar-refractivity contribution >= 4 is 22.5 Å². The summed E-state index contributed by atoms with van der Waals surface area (Å²) in [6, 6.07) is 20.0. The van der Waals surface area contributed by atoms with Gasteiger partial charge in [0.1, 0.15) is 0 Å². The van der Waals surface area contributed by atoms with Crippen LogP contribution in [0.2, 0.25) is 0 Å². The van der Waals surface area contributed by atoms with Crippen molar-refractivity contribution in [2.24, 2.45) is 5.10 Å². The molecule has 0 spiro atoms. The zero-order valence-electron chi connectivity index (χ0n) is 22.5. The maximum absolute atomic E-state index is 12.9. The van der Waals surface area contributed by atoms with Crippen molar-refractivity contribution in [2.75, 3.05) is 21.3 Å². The van der Waals surface area contributed by atoms with E-state index in [1.165, 1.54) is 11.9 Å². The van der Waals surface area contributed by atoms with Crippen LogP contribution in [0.1, 0.15) is 41.8 Å². The Morgan fingerprint density at radius 2 is 1.63 bits per heavy atom. The Bertz CT molecular complexity index is 1560. The highest BCUT2D eigenvalue weighted by Crippen LogP contribution is 2.47. The quantitative estimate of drug-likeness (QED) is 0.308. The number of ether oxygens (including phenoxy) is 3. The van der Waals surface area contributed by atoms with Crippen molar-refractivity contribution in [3.63, 3.8) is 0 Å². The second-order valence-electron chi connectivity index (χ2n) is 9.39. The van der Waals surface area contributed by atoms with Gasteiger partial charge >= 0.3 is 0 Å². The predicted octanol–water partition coefficient (Wildman–Crippen LogP) is 6.24. The zero-order valence-corrected chi connectivity index (χ0v) is 22.5. The third kappa shape index (κ3) is 4.24. The molecule has 0 saturated carbocycles. The Kier molecular flexibility index (Phi) is 6.76. The monoisotopic (exact) mass is 509 g/mol. The first-order valence-corrected chi connectivity index (χ1v) is 12.5. The summed E-state index contributed by atoms with van der Waals surface area (Å²) >= 11 is 0. The summed E-state index contributed by atoms with van der Waals surface area (Å²) in [6.07, 6.45) is 0.491. The lowest BCUT2D eigenvalue weighted by molar-refractivity contribution is -0.130. The summed E-state index contributed by atoms with van der Waals surface area (Å²) in [5.74, 6) is 1.39. The van der Waals surface area contributed by atoms with E-state index >= 15 is 0 Å². The Morgan fingerprint density at radius 3 is 2.29 bits per heavy atom. The Hall–Kier alpha value is -4.39. The van der Waals surface area contributed by atoms with Gasteiger partial charge in [0.15, 0.2) is 11.5 Å². The van der Waals surface area contributed by atoms with Crippen LogP contribution in [0.25, 0.3) is 22.0 Å². The van der Waals surface area contributed by atoms with Crippen LogP contribution in [0, 0.1) is 13.8 Å². The van der Waals surface area contributed by atoms with Gasteiger partial charge in [-0.1, -0.05) is 42.5 Å². The van der Waals surface area contributed by atoms with Crippen molar-refractivity contribution in [1.82, 2.24) is 9.99 Å². The number of amides is 1. The lowest BCUT2D eigenvalue weighted by Crippen LogP contribution is -2.24. The predicted molar refractivity (Wildman–Crippen MR) is 149 cm³/mol. The molecule has 1 atom stereocenters. The number of hydrogen-bond acceptors (Lipinski definition) is 6. The van der Waals surface area contributed by atoms with E-state index in [0.717, 1.165) is 50.1 Å². The fraction of sp³-hybridized carbons (Fsp3) is 0.258. The largest absolute Gasteiger partial charge is 0.493 e. The smallest absolute Gasteiger partial charge is 0.240 e. The van der Waals surface area contributed by atoms with E-state index in [9.17, 15) is 4.79 Å². The van der Waals surface area contributed by atoms with Gasteiger partial charge in [0.2, 0.25) is 11.7 Å². The maximum atomic E-state index is 12.9. The summed E-state index contributed by atoms with van der Waals surface area (Å²) in [5, 5.41) is 7.48. The molecule has 1 amide bonds. The minimum atomic E-state index is -0.381. The molecule has 38 heavy (non-hydrogen) atoms. The first-order chi connectivity index (χ1) is 18.4. The van der Waals surface area contributed by atoms with Gasteiger partial charge < -0.3 is 14.2 Å². The molecule has 0 N–H and O–H groups in total. The number of nitrogens with zero attached hydrogens (tertiary/aromatic N) is 3. The molecular formula is C31H31N3O4. The zero-order chi connectivity index (χ0) is 27.0. The Morgan fingerprint density at radius 1 is 0.895 bits per heavy atom. The van der Waals surface area contributed by atoms with Gasteiger partial charge in [0, 0.05) is 41.1 Å². The molecule has 0 bridgehead atoms. The van der Waals surface area contributed by atoms with Crippen LogP contribution in [0.15, 0.2) is 65.8 Å². The maximum Gasteiger partial charge on any atom is 0.240 e. The molecule has 2 heterocycles. The number of aryl methyl sites for hydroxylation is 2. The van der Waals surface area contributed by atoms with Gasteiger partial charge in [-0.15, -0.1) is 0 Å². The lowest BCUT2D eigenvalue weighted by Gasteiger charge is -2.24. The highest BCUT2D eigenvalue weighted by molar-refractivity contribution is 6.14. The average Bonchev–Trinajstić information content (AvgIpc) is 3.36. The van der Waals surface area contributed by atoms with E-state index in [1.807, 2.05) is 37.3 Å². The molecule has 7 nitrogen and oxygen atoms in total. The van der Waals surface area contributed by atoms with Crippen LogP contribution in [-0.2, 0) is 4.79 Å². The minimum Gasteiger partial charge on any atom is -0.493 e. The standard InChI is InChI=1S/C31H31N3O4/c1-18-12-13-22-24(16-18)32-19(2)28(29(22)21-10-8-7-9-11-21)25-17-26(34(33-25)20(3)35)23-14-15-27(36-4)31(38-6)30(23)37-5/h7-16,26H,17H2,1-6H3. The summed E-state index contributed by atoms with van der Waals surface area (Å²) in [5.41, 5.74) is 7.63. The van der Waals surface area contributed by atoms with Gasteiger partial charge in [0.25, 0.3) is 0 Å². The number of hydrazone groups is 1. The summed E-state index contributed by atoms with van der Waals surface area (Å²) < 4.78 is 16.9. The van der Waals surface area contributed by atoms with Crippen molar-refractivity contribution in [1.29, 1.82) is 0 Å². The number of rotatable bonds is 6. The van der Waals surface area contributed by atoms with Crippen LogP contribution in [0.5, 0.6) is 17.2 Å². The number of aromatic nitrogens is 1. The van der Waals surface area contributed by atoms with Gasteiger partial charge in [-0.05, 0) is 43.2 Å². The summed E-state index contributed by atoms with van der Waals surface area (Å²) in [7, 11) is 4.74. The van der Waals surface area contributed by atoms with Gasteiger partial charge in [-0.3, -0.25) is 9.78 Å². The molecule has 5 rings (SSSR count). The van der Waals surface area contributed by atoms with E-state index in [4.69, 9.17) is 24.3 Å². The van der Waals surface area contributed by atoms with Crippen molar-refractivity contribution in [3.8, 4) is 28.4 Å². The average molecular weight is 510 g/mol. The van der Waals surface area contributed by atoms with Crippen molar-refractivity contribution in [3.05, 3.63) is 83.0 Å². The highest BCUT2D eigenvalue weighted by Gasteiger charge is 2.36. The van der Waals surface area contributed by atoms with Crippen LogP contribution >= 0.6 is 0 Å². The first kappa shape index (κ1) is 25.3. The fourth-order valence-corrected chi connectivity index (χ4v) is 5.34. The number of benzene rings is 3. The van der Waals surface area contributed by atoms with Crippen molar-refractivity contribution < 1.29 is 19.0 Å². The van der Waals surface area contributed by atoms with Crippen molar-refractivity contribution in [2.45, 2.75) is 33.2 Å². The summed E-state index contributed by atoms with van der Waals surface area (Å²) in [6.45, 7) is 5.60. The number of pyridine rings is 1. The molecular weight excluding hydrogens is 478 g/mol. The number of methoxy groups -OCH3 is 3. The molecule has 0 radical (unpaired) electrons. The normalized spacial score (nSPS) is 14.9. The number of fused-ring (bicyclic) bond motifs is 1. The van der Waals surface area contributed by atoms with Crippen LogP contribution < -0.4 is 14.2 Å². The molecule has 0 aliphatic carbocycles. The van der Waals surface area contributed by atoms with Gasteiger partial charge in [0.05, 0.1) is 38.6 Å². The molecule has 1 aromatic heterocycles. The Labute approximate surface area is 222 Å². The van der Waals surface area contributed by atoms with Crippen LogP contribution in [0.4, 0.5) is 0 Å². The highest BCUT2D eigenvalue weighted by atomic mass is 16.5. The van der Waals surface area contributed by atoms with E-state index < -0.39 is 0 Å².